The molecule has 0 aliphatic carbocycles. The van der Waals surface area contributed by atoms with E-state index in [0.717, 1.165) is 89.9 Å². The lowest BCUT2D eigenvalue weighted by Crippen LogP contribution is -2.30. The second kappa shape index (κ2) is 56.1. The van der Waals surface area contributed by atoms with Crippen molar-refractivity contribution in [3.8, 4) is 0 Å². The molecule has 3 atom stereocenters. The van der Waals surface area contributed by atoms with Gasteiger partial charge >= 0.3 is 25.7 Å². The van der Waals surface area contributed by atoms with E-state index in [1.54, 1.807) is 0 Å². The van der Waals surface area contributed by atoms with Crippen molar-refractivity contribution in [2.24, 2.45) is 0 Å². The molecule has 0 aromatic carbocycles. The fraction of sp³-hybridized carbons (Fsp3) is 0.758. The number of hydrogen-bond donors (Lipinski definition) is 2. The Labute approximate surface area is 452 Å². The first-order valence-electron chi connectivity index (χ1n) is 29.8. The summed E-state index contributed by atoms with van der Waals surface area (Å²) in [6.07, 6.45) is 63.0. The van der Waals surface area contributed by atoms with E-state index in [9.17, 15) is 28.9 Å². The summed E-state index contributed by atoms with van der Waals surface area (Å²) in [5, 5.41) is 9.80. The van der Waals surface area contributed by atoms with Crippen molar-refractivity contribution in [1.29, 1.82) is 0 Å². The lowest BCUT2D eigenvalue weighted by atomic mass is 10.0. The van der Waals surface area contributed by atoms with Gasteiger partial charge in [0.25, 0.3) is 0 Å². The monoisotopic (exact) mass is 1060 g/mol. The predicted octanol–water partition coefficient (Wildman–Crippen LogP) is 17.7. The summed E-state index contributed by atoms with van der Waals surface area (Å²) in [5.41, 5.74) is 0. The van der Waals surface area contributed by atoms with Crippen LogP contribution < -0.4 is 0 Å². The molecule has 0 spiro atoms. The van der Waals surface area contributed by atoms with Crippen LogP contribution in [0.25, 0.3) is 0 Å². The first-order valence-corrected chi connectivity index (χ1v) is 31.3. The van der Waals surface area contributed by atoms with E-state index >= 15 is 0 Å². The van der Waals surface area contributed by atoms with E-state index in [1.165, 1.54) is 109 Å². The highest BCUT2D eigenvalue weighted by molar-refractivity contribution is 7.47. The maximum Gasteiger partial charge on any atom is 0.472 e. The topological polar surface area (TPSA) is 155 Å². The van der Waals surface area contributed by atoms with Crippen LogP contribution in [0.2, 0.25) is 0 Å². The molecule has 3 unspecified atom stereocenters. The minimum absolute atomic E-state index is 0.148. The van der Waals surface area contributed by atoms with E-state index in [1.807, 2.05) is 6.08 Å². The molecule has 428 valence electrons. The molecular formula is C62H109O11P. The summed E-state index contributed by atoms with van der Waals surface area (Å²) in [5.74, 6) is -1.54. The summed E-state index contributed by atoms with van der Waals surface area (Å²) in [7, 11) is -4.76. The van der Waals surface area contributed by atoms with Gasteiger partial charge in [-0.15, -0.1) is 0 Å². The van der Waals surface area contributed by atoms with Crippen LogP contribution in [-0.2, 0) is 42.2 Å². The molecule has 0 heterocycles. The van der Waals surface area contributed by atoms with E-state index in [-0.39, 0.29) is 25.9 Å². The molecule has 0 rings (SSSR count). The molecule has 0 aromatic rings. The van der Waals surface area contributed by atoms with Gasteiger partial charge in [0.15, 0.2) is 6.10 Å². The van der Waals surface area contributed by atoms with Gasteiger partial charge in [0.05, 0.1) is 19.8 Å². The third kappa shape index (κ3) is 53.7. The molecule has 0 radical (unpaired) electrons. The molecule has 0 aliphatic heterocycles. The van der Waals surface area contributed by atoms with Crippen molar-refractivity contribution in [1.82, 2.24) is 0 Å². The number of carbonyl (C=O) groups excluding carboxylic acids is 3. The zero-order valence-electron chi connectivity index (χ0n) is 47.3. The molecule has 0 aliphatic rings. The third-order valence-corrected chi connectivity index (χ3v) is 13.6. The predicted molar refractivity (Wildman–Crippen MR) is 307 cm³/mol. The molecule has 0 saturated carbocycles. The van der Waals surface area contributed by atoms with Gasteiger partial charge in [-0.3, -0.25) is 23.4 Å². The molecule has 74 heavy (non-hydrogen) atoms. The van der Waals surface area contributed by atoms with Crippen LogP contribution in [0.4, 0.5) is 0 Å². The van der Waals surface area contributed by atoms with Crippen LogP contribution in [0.1, 0.15) is 265 Å². The van der Waals surface area contributed by atoms with Crippen molar-refractivity contribution in [2.75, 3.05) is 26.4 Å². The normalized spacial score (nSPS) is 13.9. The minimum Gasteiger partial charge on any atom is -0.462 e. The molecule has 2 N–H and O–H groups in total. The zero-order chi connectivity index (χ0) is 54.1. The summed E-state index contributed by atoms with van der Waals surface area (Å²) in [6.45, 7) is 4.44. The largest absolute Gasteiger partial charge is 0.472 e. The van der Waals surface area contributed by atoms with Crippen LogP contribution in [0, 0.1) is 0 Å². The number of phosphoric ester groups is 1. The maximum absolute atomic E-state index is 12.9. The average molecular weight is 1060 g/mol. The molecule has 0 saturated heterocycles. The smallest absolute Gasteiger partial charge is 0.462 e. The number of rotatable bonds is 55. The van der Waals surface area contributed by atoms with Crippen LogP contribution in [-0.4, -0.2) is 66.5 Å². The Hall–Kier alpha value is -3.08. The SMILES string of the molecule is CC/C=C\C/C=C\C/C=C\C/C=C\C/C=C\CCCC(=O)OCC(COP(=O)(O)OCC(CO)OC(=O)CCCCCCC/C=C\CCCC)OC(=O)CCCCCCCCCCCCCCCCCCCCC. The van der Waals surface area contributed by atoms with Crippen LogP contribution in [0.15, 0.2) is 72.9 Å². The summed E-state index contributed by atoms with van der Waals surface area (Å²) >= 11 is 0. The van der Waals surface area contributed by atoms with Gasteiger partial charge in [0.2, 0.25) is 0 Å². The van der Waals surface area contributed by atoms with Crippen LogP contribution >= 0.6 is 7.82 Å². The lowest BCUT2D eigenvalue weighted by Gasteiger charge is -2.21. The van der Waals surface area contributed by atoms with E-state index < -0.39 is 57.8 Å². The van der Waals surface area contributed by atoms with E-state index in [0.29, 0.717) is 25.7 Å². The molecule has 0 amide bonds. The Bertz CT molecular complexity index is 1520. The van der Waals surface area contributed by atoms with Crippen LogP contribution in [0.3, 0.4) is 0 Å². The summed E-state index contributed by atoms with van der Waals surface area (Å²) in [6, 6.07) is 0. The van der Waals surface area contributed by atoms with Gasteiger partial charge < -0.3 is 24.2 Å². The summed E-state index contributed by atoms with van der Waals surface area (Å²) < 4.78 is 39.5. The second-order valence-electron chi connectivity index (χ2n) is 19.8. The lowest BCUT2D eigenvalue weighted by molar-refractivity contribution is -0.161. The number of aliphatic hydroxyl groups is 1. The molecule has 0 bridgehead atoms. The Morgan fingerprint density at radius 3 is 1.18 bits per heavy atom. The first-order chi connectivity index (χ1) is 36.2. The van der Waals surface area contributed by atoms with Gasteiger partial charge in [-0.1, -0.05) is 241 Å². The third-order valence-electron chi connectivity index (χ3n) is 12.6. The van der Waals surface area contributed by atoms with Crippen molar-refractivity contribution in [3.05, 3.63) is 72.9 Å². The number of allylic oxidation sites excluding steroid dienone is 12. The quantitative estimate of drug-likeness (QED) is 0.0197. The molecule has 0 aromatic heterocycles. The van der Waals surface area contributed by atoms with Gasteiger partial charge in [-0.25, -0.2) is 4.57 Å². The highest BCUT2D eigenvalue weighted by Gasteiger charge is 2.28. The highest BCUT2D eigenvalue weighted by Crippen LogP contribution is 2.43. The second-order valence-corrected chi connectivity index (χ2v) is 21.2. The number of unbranched alkanes of at least 4 members (excludes halogenated alkanes) is 26. The van der Waals surface area contributed by atoms with Gasteiger partial charge in [-0.05, 0) is 77.0 Å². The minimum atomic E-state index is -4.76. The molecular weight excluding hydrogens is 952 g/mol. The van der Waals surface area contributed by atoms with Crippen molar-refractivity contribution < 1.29 is 52.2 Å². The Kier molecular flexibility index (Phi) is 53.8. The van der Waals surface area contributed by atoms with E-state index in [4.69, 9.17) is 23.3 Å². The number of hydrogen-bond acceptors (Lipinski definition) is 10. The molecule has 0 fully saturated rings. The average Bonchev–Trinajstić information content (AvgIpc) is 3.39. The van der Waals surface area contributed by atoms with Crippen molar-refractivity contribution in [2.45, 2.75) is 277 Å². The summed E-state index contributed by atoms with van der Waals surface area (Å²) in [4.78, 5) is 48.5. The molecule has 11 nitrogen and oxygen atoms in total. The standard InChI is InChI=1S/C62H109O11P/c1-4-7-10-13-16-19-22-24-26-28-29-31-33-35-38-41-44-47-50-53-62(66)73-59(55-69-60(64)51-48-45-42-39-37-34-32-30-27-25-23-20-17-14-11-8-5-2)57-71-74(67,68)70-56-58(54-63)72-61(65)52-49-46-43-40-36-21-18-15-12-9-6-3/h8,11,15,17-18,20,25,27,32,34,39,42,58-59,63H,4-7,9-10,12-14,16,19,21-24,26,28-31,33,35-38,40-41,43-57H2,1-3H3,(H,67,68)/b11-8-,18-15-,20-17-,27-25-,34-32-,42-39-. The number of aliphatic hydroxyl groups excluding tert-OH is 1. The maximum atomic E-state index is 12.9. The van der Waals surface area contributed by atoms with Crippen molar-refractivity contribution in [3.63, 3.8) is 0 Å². The zero-order valence-corrected chi connectivity index (χ0v) is 48.2. The Morgan fingerprint density at radius 1 is 0.392 bits per heavy atom. The Balaban J connectivity index is 4.77. The number of phosphoric acid groups is 1. The fourth-order valence-electron chi connectivity index (χ4n) is 8.08. The highest BCUT2D eigenvalue weighted by atomic mass is 31.2. The van der Waals surface area contributed by atoms with Crippen molar-refractivity contribution >= 4 is 25.7 Å². The van der Waals surface area contributed by atoms with Gasteiger partial charge in [0.1, 0.15) is 12.7 Å². The number of ether oxygens (including phenoxy) is 3. The molecule has 12 heteroatoms. The van der Waals surface area contributed by atoms with E-state index in [2.05, 4.69) is 87.6 Å². The van der Waals surface area contributed by atoms with Gasteiger partial charge in [-0.2, -0.15) is 0 Å². The fourth-order valence-corrected chi connectivity index (χ4v) is 8.86. The number of carbonyl (C=O) groups is 3. The first kappa shape index (κ1) is 70.9. The number of esters is 3. The van der Waals surface area contributed by atoms with Crippen LogP contribution in [0.5, 0.6) is 0 Å². The Morgan fingerprint density at radius 2 is 0.730 bits per heavy atom. The van der Waals surface area contributed by atoms with Gasteiger partial charge in [0, 0.05) is 19.3 Å².